The van der Waals surface area contributed by atoms with Crippen LogP contribution < -0.4 is 0 Å². The van der Waals surface area contributed by atoms with Gasteiger partial charge in [-0.3, -0.25) is 4.79 Å². The van der Waals surface area contributed by atoms with Crippen molar-refractivity contribution in [1.82, 2.24) is 0 Å². The fourth-order valence-electron chi connectivity index (χ4n) is 2.52. The molecule has 2 saturated carbocycles. The van der Waals surface area contributed by atoms with Gasteiger partial charge in [0, 0.05) is 23.3 Å². The smallest absolute Gasteiger partial charge is 0.132 e. The van der Waals surface area contributed by atoms with Crippen LogP contribution in [0, 0.1) is 0 Å². The van der Waals surface area contributed by atoms with Crippen LogP contribution in [0.25, 0.3) is 0 Å². The Hall–Kier alpha value is 0.0200. The molecule has 2 rings (SSSR count). The summed E-state index contributed by atoms with van der Waals surface area (Å²) in [6, 6.07) is 0. The van der Waals surface area contributed by atoms with Gasteiger partial charge in [-0.1, -0.05) is 19.3 Å². The standard InChI is InChI=1S/C12H20OS/c13-10-6-8-12(9-7-10)14-11-4-2-1-3-5-11/h11-12H,1-9H2. The maximum Gasteiger partial charge on any atom is 0.132 e. The van der Waals surface area contributed by atoms with Crippen molar-refractivity contribution >= 4 is 17.5 Å². The van der Waals surface area contributed by atoms with Crippen molar-refractivity contribution in [3.8, 4) is 0 Å². The van der Waals surface area contributed by atoms with Gasteiger partial charge in [-0.15, -0.1) is 0 Å². The molecule has 0 N–H and O–H groups in total. The number of rotatable bonds is 2. The van der Waals surface area contributed by atoms with Crippen molar-refractivity contribution < 1.29 is 4.79 Å². The summed E-state index contributed by atoms with van der Waals surface area (Å²) < 4.78 is 0. The molecule has 0 radical (unpaired) electrons. The second-order valence-electron chi connectivity index (χ2n) is 4.63. The Morgan fingerprint density at radius 2 is 1.43 bits per heavy atom. The Kier molecular flexibility index (Phi) is 3.91. The van der Waals surface area contributed by atoms with Crippen LogP contribution in [0.3, 0.4) is 0 Å². The Morgan fingerprint density at radius 1 is 0.857 bits per heavy atom. The first-order valence-electron chi connectivity index (χ1n) is 6.02. The molecule has 0 aliphatic heterocycles. The predicted molar refractivity (Wildman–Crippen MR) is 61.7 cm³/mol. The molecule has 0 aromatic rings. The molecule has 2 aliphatic rings. The fourth-order valence-corrected chi connectivity index (χ4v) is 4.18. The summed E-state index contributed by atoms with van der Waals surface area (Å²) in [7, 11) is 0. The van der Waals surface area contributed by atoms with E-state index in [1.54, 1.807) is 0 Å². The van der Waals surface area contributed by atoms with Gasteiger partial charge in [0.2, 0.25) is 0 Å². The monoisotopic (exact) mass is 212 g/mol. The van der Waals surface area contributed by atoms with Crippen molar-refractivity contribution in [1.29, 1.82) is 0 Å². The number of hydrogen-bond acceptors (Lipinski definition) is 2. The van der Waals surface area contributed by atoms with Gasteiger partial charge in [0.25, 0.3) is 0 Å². The fraction of sp³-hybridized carbons (Fsp3) is 0.917. The van der Waals surface area contributed by atoms with E-state index in [1.807, 2.05) is 0 Å². The topological polar surface area (TPSA) is 17.1 Å². The maximum absolute atomic E-state index is 11.1. The molecule has 0 atom stereocenters. The first-order chi connectivity index (χ1) is 6.84. The Bertz CT molecular complexity index is 186. The Morgan fingerprint density at radius 3 is 2.07 bits per heavy atom. The van der Waals surface area contributed by atoms with Crippen molar-refractivity contribution in [2.75, 3.05) is 0 Å². The SMILES string of the molecule is O=C1CCC(SC2CCCCC2)CC1. The number of carbonyl (C=O) groups is 1. The molecule has 0 amide bonds. The third-order valence-electron chi connectivity index (χ3n) is 3.43. The van der Waals surface area contributed by atoms with Crippen molar-refractivity contribution in [3.63, 3.8) is 0 Å². The normalized spacial score (nSPS) is 26.7. The van der Waals surface area contributed by atoms with Crippen LogP contribution in [0.1, 0.15) is 57.8 Å². The molecule has 0 spiro atoms. The quantitative estimate of drug-likeness (QED) is 0.696. The zero-order chi connectivity index (χ0) is 9.80. The van der Waals surface area contributed by atoms with E-state index in [1.165, 1.54) is 32.1 Å². The lowest BCUT2D eigenvalue weighted by molar-refractivity contribution is -0.120. The Balaban J connectivity index is 1.71. The second kappa shape index (κ2) is 5.20. The molecule has 1 nitrogen and oxygen atoms in total. The zero-order valence-electron chi connectivity index (χ0n) is 8.84. The molecular weight excluding hydrogens is 192 g/mol. The van der Waals surface area contributed by atoms with Gasteiger partial charge in [0.1, 0.15) is 5.78 Å². The molecule has 0 saturated heterocycles. The number of carbonyl (C=O) groups excluding carboxylic acids is 1. The van der Waals surface area contributed by atoms with E-state index in [9.17, 15) is 4.79 Å². The third-order valence-corrected chi connectivity index (χ3v) is 5.14. The van der Waals surface area contributed by atoms with Gasteiger partial charge < -0.3 is 0 Å². The van der Waals surface area contributed by atoms with E-state index in [0.717, 1.165) is 36.2 Å². The van der Waals surface area contributed by atoms with Gasteiger partial charge in [-0.2, -0.15) is 11.8 Å². The van der Waals surface area contributed by atoms with Gasteiger partial charge in [-0.05, 0) is 25.7 Å². The van der Waals surface area contributed by atoms with Crippen LogP contribution in [0.4, 0.5) is 0 Å². The average molecular weight is 212 g/mol. The summed E-state index contributed by atoms with van der Waals surface area (Å²) in [5, 5.41) is 1.72. The maximum atomic E-state index is 11.1. The van der Waals surface area contributed by atoms with E-state index in [0.29, 0.717) is 5.78 Å². The summed E-state index contributed by atoms with van der Waals surface area (Å²) in [5.74, 6) is 0.491. The van der Waals surface area contributed by atoms with Crippen LogP contribution in [-0.4, -0.2) is 16.3 Å². The van der Waals surface area contributed by atoms with E-state index < -0.39 is 0 Å². The minimum atomic E-state index is 0.491. The largest absolute Gasteiger partial charge is 0.300 e. The van der Waals surface area contributed by atoms with Crippen molar-refractivity contribution in [3.05, 3.63) is 0 Å². The number of hydrogen-bond donors (Lipinski definition) is 0. The molecule has 2 aliphatic carbocycles. The molecule has 2 heteroatoms. The minimum absolute atomic E-state index is 0.491. The summed E-state index contributed by atoms with van der Waals surface area (Å²) in [4.78, 5) is 11.1. The van der Waals surface area contributed by atoms with Gasteiger partial charge >= 0.3 is 0 Å². The first-order valence-corrected chi connectivity index (χ1v) is 6.96. The number of ketones is 1. The molecule has 80 valence electrons. The molecule has 0 bridgehead atoms. The van der Waals surface area contributed by atoms with Gasteiger partial charge in [-0.25, -0.2) is 0 Å². The lowest BCUT2D eigenvalue weighted by Crippen LogP contribution is -2.20. The molecular formula is C12H20OS. The predicted octanol–water partition coefficient (Wildman–Crippen LogP) is 3.56. The van der Waals surface area contributed by atoms with Gasteiger partial charge in [0.15, 0.2) is 0 Å². The molecule has 0 unspecified atom stereocenters. The number of Topliss-reactive ketones (excluding diaryl/α,β-unsaturated/α-hetero) is 1. The lowest BCUT2D eigenvalue weighted by atomic mass is 9.99. The third kappa shape index (κ3) is 3.01. The molecule has 14 heavy (non-hydrogen) atoms. The highest BCUT2D eigenvalue weighted by atomic mass is 32.2. The first kappa shape index (κ1) is 10.5. The van der Waals surface area contributed by atoms with E-state index in [-0.39, 0.29) is 0 Å². The summed E-state index contributed by atoms with van der Waals surface area (Å²) in [5.41, 5.74) is 0. The van der Waals surface area contributed by atoms with Crippen LogP contribution in [-0.2, 0) is 4.79 Å². The summed E-state index contributed by atoms with van der Waals surface area (Å²) >= 11 is 2.19. The molecule has 2 fully saturated rings. The second-order valence-corrected chi connectivity index (χ2v) is 6.24. The number of thioether (sulfide) groups is 1. The van der Waals surface area contributed by atoms with Crippen molar-refractivity contribution in [2.45, 2.75) is 68.3 Å². The summed E-state index contributed by atoms with van der Waals surface area (Å²) in [6.07, 6.45) is 11.2. The van der Waals surface area contributed by atoms with E-state index >= 15 is 0 Å². The highest BCUT2D eigenvalue weighted by Gasteiger charge is 2.23. The van der Waals surface area contributed by atoms with E-state index in [2.05, 4.69) is 11.8 Å². The van der Waals surface area contributed by atoms with Gasteiger partial charge in [0.05, 0.1) is 0 Å². The van der Waals surface area contributed by atoms with Crippen LogP contribution >= 0.6 is 11.8 Å². The van der Waals surface area contributed by atoms with Crippen LogP contribution in [0.15, 0.2) is 0 Å². The van der Waals surface area contributed by atoms with Crippen molar-refractivity contribution in [2.24, 2.45) is 0 Å². The Labute approximate surface area is 91.0 Å². The highest BCUT2D eigenvalue weighted by Crippen LogP contribution is 2.36. The molecule has 0 aromatic heterocycles. The molecule has 0 aromatic carbocycles. The summed E-state index contributed by atoms with van der Waals surface area (Å²) in [6.45, 7) is 0. The van der Waals surface area contributed by atoms with E-state index in [4.69, 9.17) is 0 Å². The highest BCUT2D eigenvalue weighted by molar-refractivity contribution is 8.00. The average Bonchev–Trinajstić information content (AvgIpc) is 2.23. The van der Waals surface area contributed by atoms with Crippen LogP contribution in [0.5, 0.6) is 0 Å². The van der Waals surface area contributed by atoms with Crippen LogP contribution in [0.2, 0.25) is 0 Å². The zero-order valence-corrected chi connectivity index (χ0v) is 9.65. The minimum Gasteiger partial charge on any atom is -0.300 e. The molecule has 0 heterocycles. The lowest BCUT2D eigenvalue weighted by Gasteiger charge is -2.28.